The molecule has 1 aliphatic rings. The molecule has 0 amide bonds. The zero-order chi connectivity index (χ0) is 14.0. The van der Waals surface area contributed by atoms with Crippen molar-refractivity contribution in [1.82, 2.24) is 0 Å². The Kier molecular flexibility index (Phi) is 4.05. The second-order valence-electron chi connectivity index (χ2n) is 4.81. The Morgan fingerprint density at radius 3 is 2.63 bits per heavy atom. The molecule has 0 heterocycles. The summed E-state index contributed by atoms with van der Waals surface area (Å²) in [5.74, 6) is -0.570. The Bertz CT molecular complexity index is 504. The molecule has 5 nitrogen and oxygen atoms in total. The highest BCUT2D eigenvalue weighted by molar-refractivity contribution is 9.10. The molecule has 2 N–H and O–H groups in total. The summed E-state index contributed by atoms with van der Waals surface area (Å²) in [5.41, 5.74) is -0.667. The predicted octanol–water partition coefficient (Wildman–Crippen LogP) is 3.21. The molecule has 2 rings (SSSR count). The lowest BCUT2D eigenvalue weighted by molar-refractivity contribution is -0.384. The van der Waals surface area contributed by atoms with Gasteiger partial charge in [0, 0.05) is 12.1 Å². The van der Waals surface area contributed by atoms with Crippen molar-refractivity contribution in [2.75, 3.05) is 11.9 Å². The number of nitro groups is 1. The number of benzene rings is 1. The summed E-state index contributed by atoms with van der Waals surface area (Å²) >= 11 is 2.94. The molecule has 0 radical (unpaired) electrons. The van der Waals surface area contributed by atoms with Crippen LogP contribution in [0.15, 0.2) is 16.6 Å². The normalized spacial score (nSPS) is 17.4. The first kappa shape index (κ1) is 14.2. The molecule has 0 atom stereocenters. The van der Waals surface area contributed by atoms with Gasteiger partial charge in [0.05, 0.1) is 21.5 Å². The number of nitrogens with one attached hydrogen (secondary N) is 1. The van der Waals surface area contributed by atoms with Gasteiger partial charge in [0.25, 0.3) is 5.69 Å². The molecule has 0 unspecified atom stereocenters. The Balaban J connectivity index is 2.38. The van der Waals surface area contributed by atoms with Crippen LogP contribution < -0.4 is 5.32 Å². The lowest BCUT2D eigenvalue weighted by Crippen LogP contribution is -2.39. The van der Waals surface area contributed by atoms with E-state index < -0.39 is 16.3 Å². The molecule has 1 aromatic rings. The topological polar surface area (TPSA) is 75.4 Å². The summed E-state index contributed by atoms with van der Waals surface area (Å²) in [6, 6.07) is 2.23. The molecular formula is C12H14BrFN2O3. The molecule has 0 saturated heterocycles. The van der Waals surface area contributed by atoms with Crippen molar-refractivity contribution < 1.29 is 14.4 Å². The van der Waals surface area contributed by atoms with Crippen LogP contribution in [0.1, 0.15) is 25.7 Å². The van der Waals surface area contributed by atoms with Crippen molar-refractivity contribution in [2.24, 2.45) is 0 Å². The Morgan fingerprint density at radius 1 is 1.47 bits per heavy atom. The highest BCUT2D eigenvalue weighted by atomic mass is 79.9. The van der Waals surface area contributed by atoms with E-state index in [-0.39, 0.29) is 22.5 Å². The lowest BCUT2D eigenvalue weighted by atomic mass is 9.98. The fraction of sp³-hybridized carbons (Fsp3) is 0.500. The third-order valence-electron chi connectivity index (χ3n) is 3.50. The fourth-order valence-corrected chi connectivity index (χ4v) is 2.78. The summed E-state index contributed by atoms with van der Waals surface area (Å²) in [4.78, 5) is 10.4. The average Bonchev–Trinajstić information content (AvgIpc) is 2.82. The second-order valence-corrected chi connectivity index (χ2v) is 5.67. The molecule has 1 fully saturated rings. The van der Waals surface area contributed by atoms with Crippen molar-refractivity contribution >= 4 is 27.3 Å². The number of hydrogen-bond donors (Lipinski definition) is 2. The molecule has 0 aliphatic heterocycles. The molecule has 7 heteroatoms. The largest absolute Gasteiger partial charge is 0.394 e. The maximum atomic E-state index is 13.6. The maximum Gasteiger partial charge on any atom is 0.293 e. The van der Waals surface area contributed by atoms with Gasteiger partial charge in [0.15, 0.2) is 0 Å². The summed E-state index contributed by atoms with van der Waals surface area (Å²) in [6.07, 6.45) is 3.33. The average molecular weight is 333 g/mol. The minimum atomic E-state index is -0.578. The summed E-state index contributed by atoms with van der Waals surface area (Å²) in [7, 11) is 0. The van der Waals surface area contributed by atoms with Crippen molar-refractivity contribution in [3.63, 3.8) is 0 Å². The van der Waals surface area contributed by atoms with Gasteiger partial charge in [0.2, 0.25) is 0 Å². The maximum absolute atomic E-state index is 13.6. The van der Waals surface area contributed by atoms with Gasteiger partial charge in [-0.2, -0.15) is 0 Å². The SMILES string of the molecule is O=[N+]([O-])c1cc(Br)c(F)cc1NC1(CO)CCCC1. The van der Waals surface area contributed by atoms with Crippen molar-refractivity contribution in [3.05, 3.63) is 32.5 Å². The summed E-state index contributed by atoms with van der Waals surface area (Å²) in [5, 5.41) is 23.5. The van der Waals surface area contributed by atoms with Gasteiger partial charge in [-0.15, -0.1) is 0 Å². The van der Waals surface area contributed by atoms with E-state index in [9.17, 15) is 19.6 Å². The van der Waals surface area contributed by atoms with Crippen LogP contribution in [0, 0.1) is 15.9 Å². The second kappa shape index (κ2) is 5.42. The van der Waals surface area contributed by atoms with E-state index in [1.165, 1.54) is 0 Å². The summed E-state index contributed by atoms with van der Waals surface area (Å²) < 4.78 is 13.6. The number of halogens is 2. The van der Waals surface area contributed by atoms with Crippen molar-refractivity contribution in [3.8, 4) is 0 Å². The highest BCUT2D eigenvalue weighted by Crippen LogP contribution is 2.37. The van der Waals surface area contributed by atoms with E-state index in [1.54, 1.807) is 0 Å². The number of aliphatic hydroxyl groups is 1. The Labute approximate surface area is 118 Å². The van der Waals surface area contributed by atoms with Gasteiger partial charge in [0.1, 0.15) is 11.5 Å². The van der Waals surface area contributed by atoms with Gasteiger partial charge in [-0.1, -0.05) is 12.8 Å². The van der Waals surface area contributed by atoms with Gasteiger partial charge in [-0.3, -0.25) is 10.1 Å². The van der Waals surface area contributed by atoms with Crippen molar-refractivity contribution in [2.45, 2.75) is 31.2 Å². The van der Waals surface area contributed by atoms with E-state index in [1.807, 2.05) is 0 Å². The smallest absolute Gasteiger partial charge is 0.293 e. The van der Waals surface area contributed by atoms with Gasteiger partial charge < -0.3 is 10.4 Å². The molecule has 104 valence electrons. The van der Waals surface area contributed by atoms with Gasteiger partial charge in [-0.05, 0) is 28.8 Å². The van der Waals surface area contributed by atoms with Crippen LogP contribution in [0.3, 0.4) is 0 Å². The van der Waals surface area contributed by atoms with Crippen LogP contribution in [-0.2, 0) is 0 Å². The number of nitro benzene ring substituents is 1. The molecular weight excluding hydrogens is 319 g/mol. The molecule has 0 bridgehead atoms. The van der Waals surface area contributed by atoms with E-state index in [2.05, 4.69) is 21.2 Å². The lowest BCUT2D eigenvalue weighted by Gasteiger charge is -2.29. The number of hydrogen-bond acceptors (Lipinski definition) is 4. The van der Waals surface area contributed by atoms with E-state index in [4.69, 9.17) is 0 Å². The summed E-state index contributed by atoms with van der Waals surface area (Å²) in [6.45, 7) is -0.123. The van der Waals surface area contributed by atoms with Gasteiger partial charge >= 0.3 is 0 Å². The van der Waals surface area contributed by atoms with Crippen LogP contribution in [0.25, 0.3) is 0 Å². The molecule has 1 aromatic carbocycles. The van der Waals surface area contributed by atoms with Crippen LogP contribution in [-0.4, -0.2) is 22.2 Å². The molecule has 1 aliphatic carbocycles. The standard InChI is InChI=1S/C12H14BrFN2O3/c13-8-5-11(16(18)19)10(6-9(8)14)15-12(7-17)3-1-2-4-12/h5-6,15,17H,1-4,7H2. The van der Waals surface area contributed by atoms with Crippen LogP contribution in [0.2, 0.25) is 0 Å². The van der Waals surface area contributed by atoms with Crippen LogP contribution in [0.4, 0.5) is 15.8 Å². The third-order valence-corrected chi connectivity index (χ3v) is 4.11. The minimum Gasteiger partial charge on any atom is -0.394 e. The van der Waals surface area contributed by atoms with E-state index in [0.29, 0.717) is 0 Å². The predicted molar refractivity (Wildman–Crippen MR) is 72.7 cm³/mol. The Hall–Kier alpha value is -1.21. The first-order valence-electron chi connectivity index (χ1n) is 6.00. The monoisotopic (exact) mass is 332 g/mol. The minimum absolute atomic E-state index is 0.0502. The van der Waals surface area contributed by atoms with Crippen LogP contribution in [0.5, 0.6) is 0 Å². The molecule has 1 saturated carbocycles. The quantitative estimate of drug-likeness (QED) is 0.655. The number of anilines is 1. The molecule has 0 spiro atoms. The molecule has 19 heavy (non-hydrogen) atoms. The zero-order valence-electron chi connectivity index (χ0n) is 10.2. The van der Waals surface area contributed by atoms with Gasteiger partial charge in [-0.25, -0.2) is 4.39 Å². The zero-order valence-corrected chi connectivity index (χ0v) is 11.7. The number of rotatable bonds is 4. The molecule has 0 aromatic heterocycles. The van der Waals surface area contributed by atoms with E-state index >= 15 is 0 Å². The first-order chi connectivity index (χ1) is 8.97. The number of nitrogens with zero attached hydrogens (tertiary/aromatic N) is 1. The number of aliphatic hydroxyl groups excluding tert-OH is 1. The van der Waals surface area contributed by atoms with Crippen molar-refractivity contribution in [1.29, 1.82) is 0 Å². The third kappa shape index (κ3) is 2.87. The first-order valence-corrected chi connectivity index (χ1v) is 6.79. The van der Waals surface area contributed by atoms with Crippen LogP contribution >= 0.6 is 15.9 Å². The fourth-order valence-electron chi connectivity index (χ4n) is 2.45. The Morgan fingerprint density at radius 2 is 2.11 bits per heavy atom. The highest BCUT2D eigenvalue weighted by Gasteiger charge is 2.35. The van der Waals surface area contributed by atoms with E-state index in [0.717, 1.165) is 37.8 Å².